The molecule has 1 saturated carbocycles. The quantitative estimate of drug-likeness (QED) is 0.653. The summed E-state index contributed by atoms with van der Waals surface area (Å²) >= 11 is 0. The van der Waals surface area contributed by atoms with E-state index in [1.807, 2.05) is 0 Å². The molecule has 5 heteroatoms. The molecule has 5 nitrogen and oxygen atoms in total. The van der Waals surface area contributed by atoms with E-state index in [9.17, 15) is 9.90 Å². The lowest BCUT2D eigenvalue weighted by atomic mass is 9.70. The summed E-state index contributed by atoms with van der Waals surface area (Å²) in [4.78, 5) is 12.4. The van der Waals surface area contributed by atoms with E-state index in [-0.39, 0.29) is 12.5 Å². The van der Waals surface area contributed by atoms with Crippen LogP contribution >= 0.6 is 0 Å². The number of ether oxygens (including phenoxy) is 1. The zero-order valence-corrected chi connectivity index (χ0v) is 13.1. The molecular weight excluding hydrogens is 256 g/mol. The highest BCUT2D eigenvalue weighted by molar-refractivity contribution is 5.83. The van der Waals surface area contributed by atoms with Crippen molar-refractivity contribution in [3.8, 4) is 0 Å². The van der Waals surface area contributed by atoms with E-state index in [0.717, 1.165) is 25.7 Å². The van der Waals surface area contributed by atoms with Crippen LogP contribution in [0.5, 0.6) is 0 Å². The smallest absolute Gasteiger partial charge is 0.227 e. The molecule has 1 aliphatic rings. The van der Waals surface area contributed by atoms with Crippen LogP contribution in [-0.2, 0) is 9.53 Å². The van der Waals surface area contributed by atoms with Gasteiger partial charge < -0.3 is 20.9 Å². The molecule has 0 spiro atoms. The molecule has 1 rings (SSSR count). The lowest BCUT2D eigenvalue weighted by Gasteiger charge is -2.38. The monoisotopic (exact) mass is 286 g/mol. The fourth-order valence-corrected chi connectivity index (χ4v) is 2.71. The van der Waals surface area contributed by atoms with Crippen molar-refractivity contribution in [2.75, 3.05) is 26.8 Å². The molecule has 0 radical (unpaired) electrons. The fourth-order valence-electron chi connectivity index (χ4n) is 2.71. The van der Waals surface area contributed by atoms with Crippen LogP contribution in [0.2, 0.25) is 0 Å². The lowest BCUT2D eigenvalue weighted by molar-refractivity contribution is -0.134. The second-order valence-corrected chi connectivity index (χ2v) is 6.59. The number of methoxy groups -OCH3 is 1. The zero-order valence-electron chi connectivity index (χ0n) is 13.1. The maximum Gasteiger partial charge on any atom is 0.227 e. The minimum Gasteiger partial charge on any atom is -0.388 e. The van der Waals surface area contributed by atoms with Crippen LogP contribution in [0.15, 0.2) is 0 Å². The number of carbonyl (C=O) groups is 1. The average molecular weight is 286 g/mol. The van der Waals surface area contributed by atoms with Crippen LogP contribution in [0, 0.1) is 11.3 Å². The Hall–Kier alpha value is -0.650. The van der Waals surface area contributed by atoms with Gasteiger partial charge in [0.05, 0.1) is 11.0 Å². The second-order valence-electron chi connectivity index (χ2n) is 6.59. The van der Waals surface area contributed by atoms with Crippen LogP contribution in [0.25, 0.3) is 0 Å². The van der Waals surface area contributed by atoms with Gasteiger partial charge in [-0.3, -0.25) is 4.79 Å². The van der Waals surface area contributed by atoms with Gasteiger partial charge in [0.25, 0.3) is 0 Å². The van der Waals surface area contributed by atoms with E-state index in [0.29, 0.717) is 25.5 Å². The van der Waals surface area contributed by atoms with Gasteiger partial charge in [0, 0.05) is 33.2 Å². The van der Waals surface area contributed by atoms with Crippen LogP contribution in [-0.4, -0.2) is 43.4 Å². The molecule has 1 fully saturated rings. The molecule has 1 atom stereocenters. The van der Waals surface area contributed by atoms with Crippen LogP contribution in [0.4, 0.5) is 0 Å². The standard InChI is InChI=1S/C15H30N2O3/c1-12-4-6-15(10-16,7-5-12)13(18)17-11-14(2,19)8-9-20-3/h12,19H,4-11,16H2,1-3H3,(H,17,18). The highest BCUT2D eigenvalue weighted by Crippen LogP contribution is 2.38. The molecule has 0 saturated heterocycles. The van der Waals surface area contributed by atoms with Crippen molar-refractivity contribution in [1.29, 1.82) is 0 Å². The number of nitrogens with two attached hydrogens (primary N) is 1. The van der Waals surface area contributed by atoms with Crippen molar-refractivity contribution in [1.82, 2.24) is 5.32 Å². The van der Waals surface area contributed by atoms with E-state index < -0.39 is 11.0 Å². The summed E-state index contributed by atoms with van der Waals surface area (Å²) in [5.74, 6) is 0.664. The van der Waals surface area contributed by atoms with E-state index in [1.165, 1.54) is 0 Å². The molecule has 0 aromatic heterocycles. The van der Waals surface area contributed by atoms with Gasteiger partial charge in [0.15, 0.2) is 0 Å². The lowest BCUT2D eigenvalue weighted by Crippen LogP contribution is -2.51. The van der Waals surface area contributed by atoms with Crippen molar-refractivity contribution in [3.63, 3.8) is 0 Å². The topological polar surface area (TPSA) is 84.6 Å². The number of nitrogens with one attached hydrogen (secondary N) is 1. The second kappa shape index (κ2) is 7.38. The predicted octanol–water partition coefficient (Wildman–Crippen LogP) is 1.05. The van der Waals surface area contributed by atoms with Crippen LogP contribution < -0.4 is 11.1 Å². The maximum absolute atomic E-state index is 12.4. The van der Waals surface area contributed by atoms with Gasteiger partial charge in [-0.1, -0.05) is 6.92 Å². The van der Waals surface area contributed by atoms with Crippen molar-refractivity contribution < 1.29 is 14.6 Å². The molecular formula is C15H30N2O3. The van der Waals surface area contributed by atoms with E-state index in [1.54, 1.807) is 14.0 Å². The molecule has 0 aliphatic heterocycles. The van der Waals surface area contributed by atoms with E-state index in [2.05, 4.69) is 12.2 Å². The normalized spacial score (nSPS) is 29.8. The first-order chi connectivity index (χ1) is 9.35. The highest BCUT2D eigenvalue weighted by atomic mass is 16.5. The van der Waals surface area contributed by atoms with E-state index >= 15 is 0 Å². The summed E-state index contributed by atoms with van der Waals surface area (Å²) in [6, 6.07) is 0. The van der Waals surface area contributed by atoms with Crippen LogP contribution in [0.1, 0.15) is 46.0 Å². The minimum atomic E-state index is -0.941. The largest absolute Gasteiger partial charge is 0.388 e. The molecule has 1 amide bonds. The Morgan fingerprint density at radius 1 is 1.50 bits per heavy atom. The van der Waals surface area contributed by atoms with Crippen molar-refractivity contribution in [2.24, 2.45) is 17.1 Å². The first kappa shape index (κ1) is 17.4. The molecule has 0 heterocycles. The zero-order chi connectivity index (χ0) is 15.2. The third kappa shape index (κ3) is 4.72. The number of hydrogen-bond acceptors (Lipinski definition) is 4. The Kier molecular flexibility index (Phi) is 6.43. The fraction of sp³-hybridized carbons (Fsp3) is 0.933. The van der Waals surface area contributed by atoms with Gasteiger partial charge in [-0.2, -0.15) is 0 Å². The minimum absolute atomic E-state index is 0.00964. The summed E-state index contributed by atoms with van der Waals surface area (Å²) in [6.45, 7) is 5.03. The Morgan fingerprint density at radius 3 is 2.60 bits per heavy atom. The molecule has 1 unspecified atom stereocenters. The molecule has 118 valence electrons. The number of carbonyl (C=O) groups excluding carboxylic acids is 1. The summed E-state index contributed by atoms with van der Waals surface area (Å²) in [5.41, 5.74) is 4.48. The van der Waals surface area contributed by atoms with E-state index in [4.69, 9.17) is 10.5 Å². The Bertz CT molecular complexity index is 310. The SMILES string of the molecule is COCCC(C)(O)CNC(=O)C1(CN)CCC(C)CC1. The Labute approximate surface area is 122 Å². The van der Waals surface area contributed by atoms with Gasteiger partial charge in [0.2, 0.25) is 5.91 Å². The van der Waals surface area contributed by atoms with Gasteiger partial charge in [-0.15, -0.1) is 0 Å². The Morgan fingerprint density at radius 2 is 2.10 bits per heavy atom. The Balaban J connectivity index is 2.51. The molecule has 0 aromatic rings. The highest BCUT2D eigenvalue weighted by Gasteiger charge is 2.40. The average Bonchev–Trinajstić information content (AvgIpc) is 2.44. The molecule has 1 aliphatic carbocycles. The number of aliphatic hydroxyl groups is 1. The summed E-state index contributed by atoms with van der Waals surface area (Å²) < 4.78 is 4.96. The van der Waals surface area contributed by atoms with Gasteiger partial charge >= 0.3 is 0 Å². The third-order valence-corrected chi connectivity index (χ3v) is 4.58. The van der Waals surface area contributed by atoms with Gasteiger partial charge in [-0.05, 0) is 38.5 Å². The first-order valence-corrected chi connectivity index (χ1v) is 7.55. The number of amides is 1. The molecule has 4 N–H and O–H groups in total. The van der Waals surface area contributed by atoms with Crippen LogP contribution in [0.3, 0.4) is 0 Å². The number of rotatable bonds is 7. The van der Waals surface area contributed by atoms with Crippen molar-refractivity contribution >= 4 is 5.91 Å². The third-order valence-electron chi connectivity index (χ3n) is 4.58. The summed E-state index contributed by atoms with van der Waals surface area (Å²) in [6.07, 6.45) is 4.28. The van der Waals surface area contributed by atoms with Crippen molar-refractivity contribution in [2.45, 2.75) is 51.6 Å². The number of hydrogen-bond donors (Lipinski definition) is 3. The van der Waals surface area contributed by atoms with Gasteiger partial charge in [0.1, 0.15) is 0 Å². The molecule has 0 aromatic carbocycles. The summed E-state index contributed by atoms with van der Waals surface area (Å²) in [5, 5.41) is 13.0. The molecule has 0 bridgehead atoms. The van der Waals surface area contributed by atoms with Crippen molar-refractivity contribution in [3.05, 3.63) is 0 Å². The first-order valence-electron chi connectivity index (χ1n) is 7.55. The predicted molar refractivity (Wildman–Crippen MR) is 79.2 cm³/mol. The maximum atomic E-state index is 12.4. The summed E-state index contributed by atoms with van der Waals surface area (Å²) in [7, 11) is 1.60. The molecule has 20 heavy (non-hydrogen) atoms. The van der Waals surface area contributed by atoms with Gasteiger partial charge in [-0.25, -0.2) is 0 Å².